The Kier molecular flexibility index (Phi) is 1.81. The molecule has 0 aliphatic heterocycles. The topological polar surface area (TPSA) is 66.0 Å². The van der Waals surface area contributed by atoms with E-state index in [9.17, 15) is 9.90 Å². The molecule has 0 aliphatic rings. The SMILES string of the molecule is O=c1cnc2cc(Br)c(O)cc2[nH]1. The minimum absolute atomic E-state index is 0.0798. The second-order valence-corrected chi connectivity index (χ2v) is 3.42. The van der Waals surface area contributed by atoms with Crippen LogP contribution in [0.2, 0.25) is 0 Å². The van der Waals surface area contributed by atoms with E-state index in [0.29, 0.717) is 15.5 Å². The molecule has 2 N–H and O–H groups in total. The molecule has 0 fully saturated rings. The summed E-state index contributed by atoms with van der Waals surface area (Å²) in [6, 6.07) is 3.09. The van der Waals surface area contributed by atoms with Crippen molar-refractivity contribution >= 4 is 27.0 Å². The Morgan fingerprint density at radius 2 is 2.23 bits per heavy atom. The largest absolute Gasteiger partial charge is 0.507 e. The van der Waals surface area contributed by atoms with E-state index in [0.717, 1.165) is 0 Å². The molecule has 0 spiro atoms. The van der Waals surface area contributed by atoms with Gasteiger partial charge in [-0.05, 0) is 22.0 Å². The van der Waals surface area contributed by atoms with Crippen LogP contribution in [-0.4, -0.2) is 15.1 Å². The molecular weight excluding hydrogens is 236 g/mol. The van der Waals surface area contributed by atoms with Gasteiger partial charge in [0.2, 0.25) is 0 Å². The molecule has 2 rings (SSSR count). The van der Waals surface area contributed by atoms with Crippen LogP contribution >= 0.6 is 15.9 Å². The summed E-state index contributed by atoms with van der Waals surface area (Å²) in [5.41, 5.74) is 0.867. The van der Waals surface area contributed by atoms with E-state index in [1.807, 2.05) is 0 Å². The summed E-state index contributed by atoms with van der Waals surface area (Å²) in [6.07, 6.45) is 1.20. The Hall–Kier alpha value is -1.36. The minimum Gasteiger partial charge on any atom is -0.507 e. The zero-order chi connectivity index (χ0) is 9.42. The first-order valence-corrected chi connectivity index (χ1v) is 4.33. The standard InChI is InChI=1S/C8H5BrN2O2/c9-4-1-5-6(2-7(4)12)11-8(13)3-10-5/h1-3,12H,(H,11,13). The maximum Gasteiger partial charge on any atom is 0.266 e. The van der Waals surface area contributed by atoms with Crippen molar-refractivity contribution in [2.45, 2.75) is 0 Å². The Bertz CT molecular complexity index is 521. The molecule has 13 heavy (non-hydrogen) atoms. The van der Waals surface area contributed by atoms with Crippen LogP contribution in [0.25, 0.3) is 11.0 Å². The number of H-pyrrole nitrogens is 1. The summed E-state index contributed by atoms with van der Waals surface area (Å²) < 4.78 is 0.555. The van der Waals surface area contributed by atoms with Gasteiger partial charge >= 0.3 is 0 Å². The number of nitrogens with zero attached hydrogens (tertiary/aromatic N) is 1. The lowest BCUT2D eigenvalue weighted by Gasteiger charge is -1.99. The molecule has 0 aliphatic carbocycles. The Labute approximate surface area is 81.4 Å². The van der Waals surface area contributed by atoms with Gasteiger partial charge in [0.05, 0.1) is 21.7 Å². The molecule has 2 aromatic rings. The molecule has 0 bridgehead atoms. The van der Waals surface area contributed by atoms with E-state index in [-0.39, 0.29) is 11.3 Å². The third kappa shape index (κ3) is 1.42. The van der Waals surface area contributed by atoms with Crippen LogP contribution in [-0.2, 0) is 0 Å². The van der Waals surface area contributed by atoms with E-state index >= 15 is 0 Å². The van der Waals surface area contributed by atoms with Gasteiger partial charge < -0.3 is 10.1 Å². The number of hydrogen-bond acceptors (Lipinski definition) is 3. The van der Waals surface area contributed by atoms with E-state index in [2.05, 4.69) is 25.9 Å². The van der Waals surface area contributed by atoms with Crippen molar-refractivity contribution < 1.29 is 5.11 Å². The molecule has 5 heteroatoms. The van der Waals surface area contributed by atoms with Gasteiger partial charge in [-0.25, -0.2) is 4.98 Å². The Morgan fingerprint density at radius 3 is 3.00 bits per heavy atom. The summed E-state index contributed by atoms with van der Waals surface area (Å²) in [6.45, 7) is 0. The summed E-state index contributed by atoms with van der Waals surface area (Å²) >= 11 is 3.15. The highest BCUT2D eigenvalue weighted by Crippen LogP contribution is 2.26. The monoisotopic (exact) mass is 240 g/mol. The van der Waals surface area contributed by atoms with Gasteiger partial charge in [0.1, 0.15) is 5.75 Å². The summed E-state index contributed by atoms with van der Waals surface area (Å²) in [7, 11) is 0. The van der Waals surface area contributed by atoms with Gasteiger partial charge in [0, 0.05) is 6.07 Å². The van der Waals surface area contributed by atoms with Gasteiger partial charge in [0.25, 0.3) is 5.56 Å². The average Bonchev–Trinajstić information content (AvgIpc) is 2.08. The molecule has 0 unspecified atom stereocenters. The van der Waals surface area contributed by atoms with Crippen molar-refractivity contribution in [2.24, 2.45) is 0 Å². The van der Waals surface area contributed by atoms with Gasteiger partial charge in [-0.1, -0.05) is 0 Å². The molecule has 1 aromatic carbocycles. The highest BCUT2D eigenvalue weighted by Gasteiger charge is 2.01. The van der Waals surface area contributed by atoms with Crippen molar-refractivity contribution in [3.63, 3.8) is 0 Å². The summed E-state index contributed by atoms with van der Waals surface area (Å²) in [5.74, 6) is 0.0798. The first kappa shape index (κ1) is 8.25. The normalized spacial score (nSPS) is 10.5. The fourth-order valence-corrected chi connectivity index (χ4v) is 1.38. The lowest BCUT2D eigenvalue weighted by Crippen LogP contribution is -2.04. The van der Waals surface area contributed by atoms with Gasteiger partial charge in [0.15, 0.2) is 0 Å². The van der Waals surface area contributed by atoms with Gasteiger partial charge in [-0.15, -0.1) is 0 Å². The molecule has 0 saturated carbocycles. The number of halogens is 1. The van der Waals surface area contributed by atoms with E-state index in [1.54, 1.807) is 6.07 Å². The summed E-state index contributed by atoms with van der Waals surface area (Å²) in [5, 5.41) is 9.31. The third-order valence-corrected chi connectivity index (χ3v) is 2.28. The third-order valence-electron chi connectivity index (χ3n) is 1.64. The van der Waals surface area contributed by atoms with Gasteiger partial charge in [-0.3, -0.25) is 4.79 Å². The van der Waals surface area contributed by atoms with E-state index in [1.165, 1.54) is 12.3 Å². The van der Waals surface area contributed by atoms with Crippen molar-refractivity contribution in [2.75, 3.05) is 0 Å². The lowest BCUT2D eigenvalue weighted by molar-refractivity contribution is 0.472. The number of aromatic hydroxyl groups is 1. The Balaban J connectivity index is 2.89. The average molecular weight is 241 g/mol. The fraction of sp³-hybridized carbons (Fsp3) is 0. The van der Waals surface area contributed by atoms with Crippen molar-refractivity contribution in [3.05, 3.63) is 33.2 Å². The summed E-state index contributed by atoms with van der Waals surface area (Å²) in [4.78, 5) is 17.3. The molecule has 1 aromatic heterocycles. The first-order chi connectivity index (χ1) is 6.16. The number of aromatic amines is 1. The fourth-order valence-electron chi connectivity index (χ4n) is 1.05. The van der Waals surface area contributed by atoms with E-state index in [4.69, 9.17) is 0 Å². The number of hydrogen-bond donors (Lipinski definition) is 2. The zero-order valence-corrected chi connectivity index (χ0v) is 8.00. The first-order valence-electron chi connectivity index (χ1n) is 3.54. The number of phenols is 1. The number of benzene rings is 1. The molecule has 1 heterocycles. The minimum atomic E-state index is -0.283. The number of aromatic nitrogens is 2. The second-order valence-electron chi connectivity index (χ2n) is 2.57. The van der Waals surface area contributed by atoms with Crippen LogP contribution in [0.15, 0.2) is 27.6 Å². The smallest absolute Gasteiger partial charge is 0.266 e. The highest BCUT2D eigenvalue weighted by molar-refractivity contribution is 9.10. The van der Waals surface area contributed by atoms with Crippen LogP contribution in [0, 0.1) is 0 Å². The predicted molar refractivity (Wildman–Crippen MR) is 51.7 cm³/mol. The molecule has 0 radical (unpaired) electrons. The maximum atomic E-state index is 10.9. The van der Waals surface area contributed by atoms with Crippen LogP contribution in [0.5, 0.6) is 5.75 Å². The lowest BCUT2D eigenvalue weighted by atomic mass is 10.3. The molecule has 66 valence electrons. The predicted octanol–water partition coefficient (Wildman–Crippen LogP) is 1.39. The van der Waals surface area contributed by atoms with Crippen LogP contribution in [0.3, 0.4) is 0 Å². The molecule has 4 nitrogen and oxygen atoms in total. The molecular formula is C8H5BrN2O2. The van der Waals surface area contributed by atoms with Crippen molar-refractivity contribution in [1.82, 2.24) is 9.97 Å². The number of fused-ring (bicyclic) bond motifs is 1. The van der Waals surface area contributed by atoms with Crippen LogP contribution < -0.4 is 5.56 Å². The number of nitrogens with one attached hydrogen (secondary N) is 1. The van der Waals surface area contributed by atoms with Crippen molar-refractivity contribution in [1.29, 1.82) is 0 Å². The number of phenolic OH excluding ortho intramolecular Hbond substituents is 1. The number of rotatable bonds is 0. The molecule has 0 amide bonds. The zero-order valence-electron chi connectivity index (χ0n) is 6.41. The quantitative estimate of drug-likeness (QED) is 0.732. The highest BCUT2D eigenvalue weighted by atomic mass is 79.9. The molecule has 0 saturated heterocycles. The maximum absolute atomic E-state index is 10.9. The van der Waals surface area contributed by atoms with Gasteiger partial charge in [-0.2, -0.15) is 0 Å². The Morgan fingerprint density at radius 1 is 1.46 bits per heavy atom. The second kappa shape index (κ2) is 2.85. The van der Waals surface area contributed by atoms with E-state index < -0.39 is 0 Å². The molecule has 0 atom stereocenters. The van der Waals surface area contributed by atoms with Crippen LogP contribution in [0.4, 0.5) is 0 Å². The van der Waals surface area contributed by atoms with Crippen molar-refractivity contribution in [3.8, 4) is 5.75 Å². The van der Waals surface area contributed by atoms with Crippen LogP contribution in [0.1, 0.15) is 0 Å².